The van der Waals surface area contributed by atoms with Gasteiger partial charge in [-0.2, -0.15) is 0 Å². The molecule has 1 saturated carbocycles. The summed E-state index contributed by atoms with van der Waals surface area (Å²) in [6.45, 7) is 0. The van der Waals surface area contributed by atoms with E-state index in [1.807, 2.05) is 18.2 Å². The molecule has 0 spiro atoms. The Kier molecular flexibility index (Phi) is 8.62. The molecule has 0 radical (unpaired) electrons. The van der Waals surface area contributed by atoms with Crippen molar-refractivity contribution in [3.63, 3.8) is 0 Å². The molecule has 2 N–H and O–H groups in total. The van der Waals surface area contributed by atoms with Crippen LogP contribution in [0, 0.1) is 5.92 Å². The van der Waals surface area contributed by atoms with Crippen molar-refractivity contribution < 1.29 is 26.3 Å². The van der Waals surface area contributed by atoms with Crippen LogP contribution in [-0.4, -0.2) is 48.4 Å². The molecule has 3 aliphatic rings. The van der Waals surface area contributed by atoms with Gasteiger partial charge in [0.15, 0.2) is 5.16 Å². The molecule has 1 fully saturated rings. The number of sulfonamides is 1. The average molecular weight is 604 g/mol. The van der Waals surface area contributed by atoms with E-state index in [4.69, 9.17) is 26.5 Å². The minimum atomic E-state index is -4.01. The Hall–Kier alpha value is -1.69. The Morgan fingerprint density at radius 1 is 1.21 bits per heavy atom. The van der Waals surface area contributed by atoms with Crippen molar-refractivity contribution in [1.82, 2.24) is 9.55 Å². The van der Waals surface area contributed by atoms with Crippen LogP contribution in [-0.2, 0) is 16.4 Å². The predicted molar refractivity (Wildman–Crippen MR) is 147 cm³/mol. The summed E-state index contributed by atoms with van der Waals surface area (Å²) in [5.74, 6) is -0.365. The number of methoxy groups -OCH3 is 1. The number of halogens is 4. The number of hydrogen-bond donors (Lipinski definition) is 1. The van der Waals surface area contributed by atoms with Gasteiger partial charge in [0, 0.05) is 35.7 Å². The first-order valence-electron chi connectivity index (χ1n) is 13.3. The minimum Gasteiger partial charge on any atom is -0.495 e. The van der Waals surface area contributed by atoms with Crippen LogP contribution >= 0.6 is 23.4 Å². The molecule has 0 bridgehead atoms. The number of hydrogen-bond acceptors (Lipinski definition) is 5. The summed E-state index contributed by atoms with van der Waals surface area (Å²) in [6.07, 6.45) is 1.81. The minimum absolute atomic E-state index is 0.0190. The van der Waals surface area contributed by atoms with Crippen molar-refractivity contribution in [3.8, 4) is 5.75 Å². The lowest BCUT2D eigenvalue weighted by molar-refractivity contribution is 0.0930. The molecule has 1 aromatic carbocycles. The number of ether oxygens (including phenoxy) is 1. The van der Waals surface area contributed by atoms with Crippen molar-refractivity contribution >= 4 is 33.4 Å². The van der Waals surface area contributed by atoms with Crippen LogP contribution in [0.1, 0.15) is 73.9 Å². The van der Waals surface area contributed by atoms with E-state index in [1.54, 1.807) is 13.2 Å². The largest absolute Gasteiger partial charge is 0.495 e. The van der Waals surface area contributed by atoms with Crippen LogP contribution in [0.2, 0.25) is 5.02 Å². The van der Waals surface area contributed by atoms with Crippen molar-refractivity contribution in [1.29, 1.82) is 0 Å². The molecular weight excluding hydrogens is 571 g/mol. The molecule has 0 amide bonds. The number of benzene rings is 1. The first kappa shape index (κ1) is 28.8. The number of alkyl halides is 2. The molecule has 3 aliphatic carbocycles. The van der Waals surface area contributed by atoms with E-state index in [-0.39, 0.29) is 36.4 Å². The highest BCUT2D eigenvalue weighted by Gasteiger charge is 2.43. The number of aromatic nitrogens is 2. The molecule has 4 unspecified atom stereocenters. The zero-order valence-electron chi connectivity index (χ0n) is 21.7. The molecule has 2 aromatic rings. The van der Waals surface area contributed by atoms with Gasteiger partial charge in [0.2, 0.25) is 10.0 Å². The average Bonchev–Trinajstić information content (AvgIpc) is 3.27. The number of allylic oxidation sites excluding steroid dienone is 2. The normalized spacial score (nSPS) is 29.5. The molecule has 0 saturated heterocycles. The maximum Gasteiger partial charge on any atom is 0.212 e. The van der Waals surface area contributed by atoms with Gasteiger partial charge in [-0.25, -0.2) is 31.7 Å². The third-order valence-electron chi connectivity index (χ3n) is 8.27. The summed E-state index contributed by atoms with van der Waals surface area (Å²) in [5.41, 5.74) is 3.05. The second-order valence-electron chi connectivity index (χ2n) is 10.7. The molecule has 0 aliphatic heterocycles. The topological polar surface area (TPSA) is 87.2 Å². The Labute approximate surface area is 236 Å². The smallest absolute Gasteiger partial charge is 0.212 e. The summed E-state index contributed by atoms with van der Waals surface area (Å²) >= 11 is 7.59. The van der Waals surface area contributed by atoms with Crippen LogP contribution in [0.5, 0.6) is 5.75 Å². The number of primary sulfonamides is 1. The second kappa shape index (κ2) is 11.7. The first-order valence-corrected chi connectivity index (χ1v) is 16.3. The zero-order valence-corrected chi connectivity index (χ0v) is 24.1. The molecule has 12 heteroatoms. The fourth-order valence-corrected chi connectivity index (χ4v) is 8.57. The lowest BCUT2D eigenvalue weighted by Crippen LogP contribution is -2.44. The van der Waals surface area contributed by atoms with Crippen LogP contribution in [0.4, 0.5) is 13.2 Å². The second-order valence-corrected chi connectivity index (χ2v) is 13.9. The summed E-state index contributed by atoms with van der Waals surface area (Å²) < 4.78 is 75.0. The van der Waals surface area contributed by atoms with Crippen molar-refractivity contribution in [2.75, 3.05) is 12.9 Å². The Bertz CT molecular complexity index is 1340. The van der Waals surface area contributed by atoms with Gasteiger partial charge in [0.25, 0.3) is 0 Å². The Balaban J connectivity index is 1.47. The Morgan fingerprint density at radius 2 is 1.95 bits per heavy atom. The molecular formula is C27H33ClF3N3O3S2. The molecule has 1 aromatic heterocycles. The van der Waals surface area contributed by atoms with Gasteiger partial charge < -0.3 is 9.30 Å². The maximum absolute atomic E-state index is 15.0. The van der Waals surface area contributed by atoms with Gasteiger partial charge in [-0.1, -0.05) is 35.5 Å². The van der Waals surface area contributed by atoms with Gasteiger partial charge in [0.05, 0.1) is 28.9 Å². The van der Waals surface area contributed by atoms with Gasteiger partial charge in [-0.05, 0) is 62.6 Å². The lowest BCUT2D eigenvalue weighted by atomic mass is 9.83. The fraction of sp³-hybridized carbons (Fsp3) is 0.593. The maximum atomic E-state index is 15.0. The molecule has 4 atom stereocenters. The quantitative estimate of drug-likeness (QED) is 0.369. The summed E-state index contributed by atoms with van der Waals surface area (Å²) in [5, 5.41) is 5.16. The van der Waals surface area contributed by atoms with Crippen LogP contribution < -0.4 is 9.88 Å². The van der Waals surface area contributed by atoms with Gasteiger partial charge >= 0.3 is 0 Å². The van der Waals surface area contributed by atoms with Gasteiger partial charge in [0.1, 0.15) is 18.1 Å². The van der Waals surface area contributed by atoms with Crippen molar-refractivity contribution in [3.05, 3.63) is 52.1 Å². The SMILES string of the molecule is COc1cc(C2CCCc3nc(SCC4C(F)CC(S(N)(=O)=O)CC4F)n(C4CC=C(F)CC4)c32)ccc1Cl. The third kappa shape index (κ3) is 6.01. The highest BCUT2D eigenvalue weighted by atomic mass is 35.5. The number of imidazole rings is 1. The van der Waals surface area contributed by atoms with E-state index in [2.05, 4.69) is 4.57 Å². The number of thioether (sulfide) groups is 1. The number of fused-ring (bicyclic) bond motifs is 1. The highest BCUT2D eigenvalue weighted by molar-refractivity contribution is 7.99. The number of nitrogens with two attached hydrogens (primary N) is 1. The van der Waals surface area contributed by atoms with Crippen LogP contribution in [0.25, 0.3) is 0 Å². The molecule has 6 nitrogen and oxygen atoms in total. The third-order valence-corrected chi connectivity index (χ3v) is 11.0. The van der Waals surface area contributed by atoms with Crippen LogP contribution in [0.3, 0.4) is 0 Å². The van der Waals surface area contributed by atoms with Gasteiger partial charge in [-0.3, -0.25) is 0 Å². The number of aryl methyl sites for hydroxylation is 1. The first-order chi connectivity index (χ1) is 18.6. The van der Waals surface area contributed by atoms with Crippen LogP contribution in [0.15, 0.2) is 35.3 Å². The van der Waals surface area contributed by atoms with E-state index >= 15 is 8.78 Å². The van der Waals surface area contributed by atoms with Crippen molar-refractivity contribution in [2.45, 2.75) is 86.1 Å². The molecule has 1 heterocycles. The number of rotatable bonds is 7. The lowest BCUT2D eigenvalue weighted by Gasteiger charge is -2.33. The predicted octanol–water partition coefficient (Wildman–Crippen LogP) is 6.43. The zero-order chi connectivity index (χ0) is 27.9. The summed E-state index contributed by atoms with van der Waals surface area (Å²) in [7, 11) is -2.43. The van der Waals surface area contributed by atoms with Gasteiger partial charge in [-0.15, -0.1) is 0 Å². The van der Waals surface area contributed by atoms with E-state index in [0.717, 1.165) is 36.2 Å². The summed E-state index contributed by atoms with van der Waals surface area (Å²) in [6, 6.07) is 5.72. The number of nitrogens with zero attached hydrogens (tertiary/aromatic N) is 2. The monoisotopic (exact) mass is 603 g/mol. The van der Waals surface area contributed by atoms with E-state index in [1.165, 1.54) is 11.8 Å². The molecule has 214 valence electrons. The van der Waals surface area contributed by atoms with E-state index in [0.29, 0.717) is 35.2 Å². The summed E-state index contributed by atoms with van der Waals surface area (Å²) in [4.78, 5) is 4.96. The highest BCUT2D eigenvalue weighted by Crippen LogP contribution is 2.45. The van der Waals surface area contributed by atoms with Crippen molar-refractivity contribution in [2.24, 2.45) is 11.1 Å². The van der Waals surface area contributed by atoms with E-state index < -0.39 is 33.5 Å². The standard InChI is InChI=1S/C27H33ClF3N3O3S2/c1-37-25-11-15(5-10-21(25)28)19-3-2-4-24-26(19)34(17-8-6-16(29)7-9-17)27(33-24)38-14-20-22(30)12-18(13-23(20)31)39(32,35)36/h5-6,10-11,17-20,22-23H,2-4,7-9,12-14H2,1H3,(H2,32,35,36). The molecule has 5 rings (SSSR count). The molecule has 39 heavy (non-hydrogen) atoms. The fourth-order valence-electron chi connectivity index (χ4n) is 6.15. The Morgan fingerprint density at radius 3 is 2.59 bits per heavy atom. The van der Waals surface area contributed by atoms with E-state index in [9.17, 15) is 12.8 Å².